The molecule has 3 aromatic carbocycles. The number of carbonyl (C=O) groups is 1. The smallest absolute Gasteiger partial charge is 0.254 e. The van der Waals surface area contributed by atoms with Gasteiger partial charge in [-0.3, -0.25) is 9.36 Å². The van der Waals surface area contributed by atoms with Crippen molar-refractivity contribution in [1.82, 2.24) is 19.7 Å². The summed E-state index contributed by atoms with van der Waals surface area (Å²) in [5, 5.41) is 9.42. The molecule has 34 heavy (non-hydrogen) atoms. The van der Waals surface area contributed by atoms with Crippen LogP contribution in [0.5, 0.6) is 0 Å². The lowest BCUT2D eigenvalue weighted by atomic mass is 10.1. The molecule has 5 nitrogen and oxygen atoms in total. The van der Waals surface area contributed by atoms with Crippen LogP contribution >= 0.6 is 11.8 Å². The van der Waals surface area contributed by atoms with Crippen LogP contribution in [-0.2, 0) is 12.2 Å². The van der Waals surface area contributed by atoms with Crippen LogP contribution < -0.4 is 0 Å². The molecule has 0 aliphatic carbocycles. The van der Waals surface area contributed by atoms with Gasteiger partial charge >= 0.3 is 0 Å². The molecule has 0 bridgehead atoms. The predicted molar refractivity (Wildman–Crippen MR) is 132 cm³/mol. The molecule has 1 aromatic heterocycles. The van der Waals surface area contributed by atoms with Crippen LogP contribution in [-0.4, -0.2) is 38.7 Å². The summed E-state index contributed by atoms with van der Waals surface area (Å²) in [5.41, 5.74) is 3.16. The first-order chi connectivity index (χ1) is 16.7. The highest BCUT2D eigenvalue weighted by atomic mass is 32.2. The van der Waals surface area contributed by atoms with Gasteiger partial charge in [0.1, 0.15) is 11.6 Å². The number of aromatic nitrogens is 3. The summed E-state index contributed by atoms with van der Waals surface area (Å²) in [5.74, 6) is 0.950. The van der Waals surface area contributed by atoms with Gasteiger partial charge in [-0.25, -0.2) is 4.39 Å². The van der Waals surface area contributed by atoms with Gasteiger partial charge in [0.05, 0.1) is 5.69 Å². The van der Waals surface area contributed by atoms with Crippen LogP contribution in [0.3, 0.4) is 0 Å². The summed E-state index contributed by atoms with van der Waals surface area (Å²) in [7, 11) is 0. The SMILES string of the molecule is O=C(c1ccccc1CSc1nnc(Cc2ccccc2)n1-c1ccccc1F)N1CCCC1. The molecule has 1 amide bonds. The highest BCUT2D eigenvalue weighted by molar-refractivity contribution is 7.98. The normalized spacial score (nSPS) is 13.4. The lowest BCUT2D eigenvalue weighted by Crippen LogP contribution is -2.28. The van der Waals surface area contributed by atoms with Gasteiger partial charge in [0, 0.05) is 30.8 Å². The van der Waals surface area contributed by atoms with E-state index in [-0.39, 0.29) is 11.7 Å². The molecule has 4 aromatic rings. The van der Waals surface area contributed by atoms with Gasteiger partial charge < -0.3 is 4.90 Å². The number of hydrogen-bond acceptors (Lipinski definition) is 4. The van der Waals surface area contributed by atoms with Crippen molar-refractivity contribution < 1.29 is 9.18 Å². The Morgan fingerprint density at radius 3 is 2.38 bits per heavy atom. The molecule has 0 saturated carbocycles. The third-order valence-corrected chi connectivity index (χ3v) is 6.97. The average molecular weight is 473 g/mol. The van der Waals surface area contributed by atoms with Gasteiger partial charge in [-0.2, -0.15) is 0 Å². The first-order valence-electron chi connectivity index (χ1n) is 11.4. The van der Waals surface area contributed by atoms with E-state index in [1.54, 1.807) is 16.7 Å². The fraction of sp³-hybridized carbons (Fsp3) is 0.222. The van der Waals surface area contributed by atoms with Crippen molar-refractivity contribution >= 4 is 17.7 Å². The average Bonchev–Trinajstić information content (AvgIpc) is 3.54. The molecule has 0 atom stereocenters. The molecule has 1 fully saturated rings. The number of rotatable bonds is 7. The van der Waals surface area contributed by atoms with E-state index in [1.807, 2.05) is 65.6 Å². The zero-order valence-electron chi connectivity index (χ0n) is 18.7. The minimum Gasteiger partial charge on any atom is -0.339 e. The minimum atomic E-state index is -0.330. The second kappa shape index (κ2) is 10.2. The van der Waals surface area contributed by atoms with Crippen LogP contribution in [0.25, 0.3) is 5.69 Å². The number of hydrogen-bond donors (Lipinski definition) is 0. The van der Waals surface area contributed by atoms with Crippen molar-refractivity contribution in [2.24, 2.45) is 0 Å². The molecule has 0 unspecified atom stereocenters. The van der Waals surface area contributed by atoms with Gasteiger partial charge in [0.2, 0.25) is 0 Å². The van der Waals surface area contributed by atoms with Gasteiger partial charge in [-0.1, -0.05) is 72.4 Å². The molecule has 2 heterocycles. The number of amides is 1. The molecular formula is C27H25FN4OS. The molecule has 7 heteroatoms. The molecule has 172 valence electrons. The Balaban J connectivity index is 1.45. The van der Waals surface area contributed by atoms with E-state index in [9.17, 15) is 9.18 Å². The summed E-state index contributed by atoms with van der Waals surface area (Å²) in [6, 6.07) is 24.3. The molecule has 1 saturated heterocycles. The number of thioether (sulfide) groups is 1. The predicted octanol–water partition coefficient (Wildman–Crippen LogP) is 5.53. The fourth-order valence-corrected chi connectivity index (χ4v) is 5.22. The lowest BCUT2D eigenvalue weighted by molar-refractivity contribution is 0.0792. The molecule has 0 N–H and O–H groups in total. The Kier molecular flexibility index (Phi) is 6.72. The Labute approximate surface area is 202 Å². The highest BCUT2D eigenvalue weighted by Crippen LogP contribution is 2.29. The summed E-state index contributed by atoms with van der Waals surface area (Å²) in [4.78, 5) is 15.0. The van der Waals surface area contributed by atoms with Gasteiger partial charge in [0.15, 0.2) is 5.16 Å². The largest absolute Gasteiger partial charge is 0.339 e. The fourth-order valence-electron chi connectivity index (χ4n) is 4.25. The topological polar surface area (TPSA) is 51.0 Å². The second-order valence-electron chi connectivity index (χ2n) is 8.29. The van der Waals surface area contributed by atoms with E-state index < -0.39 is 0 Å². The van der Waals surface area contributed by atoms with Crippen molar-refractivity contribution in [3.63, 3.8) is 0 Å². The maximum Gasteiger partial charge on any atom is 0.254 e. The molecule has 5 rings (SSSR count). The molecular weight excluding hydrogens is 447 g/mol. The Morgan fingerprint density at radius 2 is 1.59 bits per heavy atom. The first-order valence-corrected chi connectivity index (χ1v) is 12.4. The summed E-state index contributed by atoms with van der Waals surface area (Å²) in [6.45, 7) is 1.62. The third kappa shape index (κ3) is 4.75. The number of nitrogens with zero attached hydrogens (tertiary/aromatic N) is 4. The first kappa shape index (κ1) is 22.3. The van der Waals surface area contributed by atoms with Crippen LogP contribution in [0.15, 0.2) is 84.0 Å². The highest BCUT2D eigenvalue weighted by Gasteiger charge is 2.23. The lowest BCUT2D eigenvalue weighted by Gasteiger charge is -2.17. The van der Waals surface area contributed by atoms with Gasteiger partial charge in [-0.15, -0.1) is 10.2 Å². The quantitative estimate of drug-likeness (QED) is 0.332. The van der Waals surface area contributed by atoms with Crippen molar-refractivity contribution in [2.45, 2.75) is 30.2 Å². The van der Waals surface area contributed by atoms with Crippen LogP contribution in [0.2, 0.25) is 0 Å². The van der Waals surface area contributed by atoms with E-state index in [1.165, 1.54) is 17.8 Å². The molecule has 0 spiro atoms. The van der Waals surface area contributed by atoms with Crippen molar-refractivity contribution in [3.05, 3.63) is 107 Å². The molecule has 0 radical (unpaired) electrons. The maximum atomic E-state index is 14.8. The number of likely N-dealkylation sites (tertiary alicyclic amines) is 1. The van der Waals surface area contributed by atoms with E-state index in [2.05, 4.69) is 10.2 Å². The Hall–Kier alpha value is -3.45. The zero-order valence-corrected chi connectivity index (χ0v) is 19.5. The van der Waals surface area contributed by atoms with Crippen molar-refractivity contribution in [3.8, 4) is 5.69 Å². The van der Waals surface area contributed by atoms with E-state index in [0.717, 1.165) is 42.6 Å². The van der Waals surface area contributed by atoms with Crippen LogP contribution in [0.1, 0.15) is 40.2 Å². The summed E-state index contributed by atoms with van der Waals surface area (Å²) < 4.78 is 16.6. The van der Waals surface area contributed by atoms with Crippen molar-refractivity contribution in [1.29, 1.82) is 0 Å². The maximum absolute atomic E-state index is 14.8. The number of halogens is 1. The van der Waals surface area contributed by atoms with E-state index in [4.69, 9.17) is 0 Å². The molecule has 1 aliphatic rings. The van der Waals surface area contributed by atoms with Gasteiger partial charge in [0.25, 0.3) is 5.91 Å². The van der Waals surface area contributed by atoms with E-state index >= 15 is 0 Å². The second-order valence-corrected chi connectivity index (χ2v) is 9.24. The Bertz CT molecular complexity index is 1280. The van der Waals surface area contributed by atoms with Crippen molar-refractivity contribution in [2.75, 3.05) is 13.1 Å². The van der Waals surface area contributed by atoms with E-state index in [0.29, 0.717) is 28.8 Å². The van der Waals surface area contributed by atoms with Crippen LogP contribution in [0.4, 0.5) is 4.39 Å². The third-order valence-electron chi connectivity index (χ3n) is 6.00. The minimum absolute atomic E-state index is 0.0778. The molecule has 1 aliphatic heterocycles. The monoisotopic (exact) mass is 472 g/mol. The summed E-state index contributed by atoms with van der Waals surface area (Å²) in [6.07, 6.45) is 2.64. The summed E-state index contributed by atoms with van der Waals surface area (Å²) >= 11 is 1.46. The number of carbonyl (C=O) groups excluding carboxylic acids is 1. The number of benzene rings is 3. The van der Waals surface area contributed by atoms with Crippen LogP contribution in [0, 0.1) is 5.82 Å². The standard InChI is InChI=1S/C27H25FN4OS/c28-23-14-6-7-15-24(23)32-25(18-20-10-2-1-3-11-20)29-30-27(32)34-19-21-12-4-5-13-22(21)26(33)31-16-8-9-17-31/h1-7,10-15H,8-9,16-19H2. The Morgan fingerprint density at radius 1 is 0.882 bits per heavy atom. The number of para-hydroxylation sites is 1. The van der Waals surface area contributed by atoms with Gasteiger partial charge in [-0.05, 0) is 42.2 Å². The zero-order chi connectivity index (χ0) is 23.3.